The third-order valence-electron chi connectivity index (χ3n) is 6.49. The number of unbranched alkanes of at least 4 members (excludes halogenated alkanes) is 5. The van der Waals surface area contributed by atoms with E-state index < -0.39 is 0 Å². The molecule has 0 fully saturated rings. The third kappa shape index (κ3) is 13.9. The molecule has 0 saturated carbocycles. The fourth-order valence-electron chi connectivity index (χ4n) is 3.91. The second-order valence-corrected chi connectivity index (χ2v) is 10.0. The Balaban J connectivity index is 3.95. The highest BCUT2D eigenvalue weighted by Crippen LogP contribution is 2.32. The quantitative estimate of drug-likeness (QED) is 0.122. The van der Waals surface area contributed by atoms with Crippen LogP contribution in [0.1, 0.15) is 138 Å². The zero-order valence-electron chi connectivity index (χ0n) is 20.9. The van der Waals surface area contributed by atoms with Gasteiger partial charge in [0.1, 0.15) is 12.4 Å². The van der Waals surface area contributed by atoms with Gasteiger partial charge in [-0.25, -0.2) is 0 Å². The van der Waals surface area contributed by atoms with Crippen LogP contribution in [0.5, 0.6) is 0 Å². The predicted octanol–water partition coefficient (Wildman–Crippen LogP) is 8.50. The SMILES string of the molecule is CCCCCCC(C)(CC)C(=O)CCCCCO/N=C(\C)CCC(C)(C)CCC. The topological polar surface area (TPSA) is 38.7 Å². The first-order valence-electron chi connectivity index (χ1n) is 12.4. The lowest BCUT2D eigenvalue weighted by molar-refractivity contribution is -0.128. The molecule has 0 radical (unpaired) electrons. The first-order chi connectivity index (χ1) is 13.7. The lowest BCUT2D eigenvalue weighted by Gasteiger charge is -2.26. The van der Waals surface area contributed by atoms with E-state index in [2.05, 4.69) is 53.6 Å². The number of carbonyl (C=O) groups excluding carboxylic acids is 1. The Labute approximate surface area is 182 Å². The van der Waals surface area contributed by atoms with Crippen LogP contribution in [0.15, 0.2) is 5.16 Å². The Morgan fingerprint density at radius 2 is 1.48 bits per heavy atom. The van der Waals surface area contributed by atoms with Crippen molar-refractivity contribution in [2.45, 2.75) is 138 Å². The summed E-state index contributed by atoms with van der Waals surface area (Å²) < 4.78 is 0. The van der Waals surface area contributed by atoms with Crippen molar-refractivity contribution in [1.82, 2.24) is 0 Å². The molecule has 0 aliphatic carbocycles. The Morgan fingerprint density at radius 1 is 0.793 bits per heavy atom. The smallest absolute Gasteiger partial charge is 0.138 e. The van der Waals surface area contributed by atoms with Crippen LogP contribution in [0.4, 0.5) is 0 Å². The summed E-state index contributed by atoms with van der Waals surface area (Å²) >= 11 is 0. The molecule has 172 valence electrons. The number of oxime groups is 1. The molecule has 3 heteroatoms. The molecule has 0 aromatic heterocycles. The van der Waals surface area contributed by atoms with Gasteiger partial charge in [-0.1, -0.05) is 78.8 Å². The largest absolute Gasteiger partial charge is 0.396 e. The van der Waals surface area contributed by atoms with Gasteiger partial charge in [0.05, 0.1) is 5.71 Å². The minimum atomic E-state index is -0.114. The molecule has 0 amide bonds. The van der Waals surface area contributed by atoms with Crippen LogP contribution in [0.2, 0.25) is 0 Å². The second-order valence-electron chi connectivity index (χ2n) is 10.0. The van der Waals surface area contributed by atoms with Gasteiger partial charge in [0, 0.05) is 11.8 Å². The fraction of sp³-hybridized carbons (Fsp3) is 0.923. The number of nitrogens with zero attached hydrogens (tertiary/aromatic N) is 1. The average molecular weight is 410 g/mol. The first kappa shape index (κ1) is 28.1. The maximum absolute atomic E-state index is 12.7. The molecule has 1 unspecified atom stereocenters. The van der Waals surface area contributed by atoms with Crippen LogP contribution in [-0.4, -0.2) is 18.1 Å². The van der Waals surface area contributed by atoms with E-state index in [1.807, 2.05) is 0 Å². The molecule has 0 bridgehead atoms. The normalized spacial score (nSPS) is 14.7. The van der Waals surface area contributed by atoms with Crippen molar-refractivity contribution < 1.29 is 9.63 Å². The number of hydrogen-bond donors (Lipinski definition) is 0. The molecule has 0 aromatic carbocycles. The molecule has 0 saturated heterocycles. The summed E-state index contributed by atoms with van der Waals surface area (Å²) in [5, 5.41) is 4.27. The van der Waals surface area contributed by atoms with Crippen LogP contribution >= 0.6 is 0 Å². The van der Waals surface area contributed by atoms with Gasteiger partial charge in [0.15, 0.2) is 0 Å². The standard InChI is InChI=1S/C26H51NO2/c1-8-11-12-15-20-26(7,10-3)24(28)17-14-13-16-22-29-27-23(4)18-21-25(5,6)19-9-2/h8-22H2,1-7H3/b27-23+. The Bertz CT molecular complexity index is 456. The summed E-state index contributed by atoms with van der Waals surface area (Å²) in [6, 6.07) is 0. The lowest BCUT2D eigenvalue weighted by atomic mass is 9.76. The minimum absolute atomic E-state index is 0.114. The number of hydrogen-bond acceptors (Lipinski definition) is 3. The fourth-order valence-corrected chi connectivity index (χ4v) is 3.91. The number of rotatable bonds is 19. The van der Waals surface area contributed by atoms with E-state index >= 15 is 0 Å². The third-order valence-corrected chi connectivity index (χ3v) is 6.49. The zero-order chi connectivity index (χ0) is 22.2. The van der Waals surface area contributed by atoms with Gasteiger partial charge >= 0.3 is 0 Å². The van der Waals surface area contributed by atoms with Crippen molar-refractivity contribution in [2.24, 2.45) is 16.0 Å². The van der Waals surface area contributed by atoms with Gasteiger partial charge in [-0.05, 0) is 63.7 Å². The molecule has 0 N–H and O–H groups in total. The van der Waals surface area contributed by atoms with Gasteiger partial charge in [-0.2, -0.15) is 0 Å². The molecular weight excluding hydrogens is 358 g/mol. The van der Waals surface area contributed by atoms with E-state index in [0.29, 0.717) is 24.2 Å². The van der Waals surface area contributed by atoms with Gasteiger partial charge in [0.25, 0.3) is 0 Å². The van der Waals surface area contributed by atoms with Crippen molar-refractivity contribution in [3.63, 3.8) is 0 Å². The molecule has 0 aliphatic rings. The maximum Gasteiger partial charge on any atom is 0.138 e. The van der Waals surface area contributed by atoms with E-state index in [1.54, 1.807) is 0 Å². The number of ketones is 1. The first-order valence-corrected chi connectivity index (χ1v) is 12.4. The summed E-state index contributed by atoms with van der Waals surface area (Å²) in [6.07, 6.45) is 15.4. The van der Waals surface area contributed by atoms with E-state index in [-0.39, 0.29) is 5.41 Å². The van der Waals surface area contributed by atoms with Crippen LogP contribution in [0.3, 0.4) is 0 Å². The molecular formula is C26H51NO2. The summed E-state index contributed by atoms with van der Waals surface area (Å²) in [5.74, 6) is 0.459. The maximum atomic E-state index is 12.7. The minimum Gasteiger partial charge on any atom is -0.396 e. The molecule has 0 heterocycles. The molecule has 0 aromatic rings. The van der Waals surface area contributed by atoms with Crippen molar-refractivity contribution in [3.05, 3.63) is 0 Å². The Hall–Kier alpha value is -0.860. The van der Waals surface area contributed by atoms with Crippen molar-refractivity contribution in [3.8, 4) is 0 Å². The zero-order valence-corrected chi connectivity index (χ0v) is 20.9. The highest BCUT2D eigenvalue weighted by atomic mass is 16.6. The van der Waals surface area contributed by atoms with Crippen LogP contribution in [0, 0.1) is 10.8 Å². The lowest BCUT2D eigenvalue weighted by Crippen LogP contribution is -2.27. The summed E-state index contributed by atoms with van der Waals surface area (Å²) in [7, 11) is 0. The van der Waals surface area contributed by atoms with Crippen LogP contribution < -0.4 is 0 Å². The van der Waals surface area contributed by atoms with Gasteiger partial charge < -0.3 is 4.84 Å². The van der Waals surface area contributed by atoms with Crippen molar-refractivity contribution in [2.75, 3.05) is 6.61 Å². The Kier molecular flexibility index (Phi) is 15.4. The average Bonchev–Trinajstić information content (AvgIpc) is 2.68. The highest BCUT2D eigenvalue weighted by molar-refractivity contribution is 5.84. The van der Waals surface area contributed by atoms with Crippen LogP contribution in [0.25, 0.3) is 0 Å². The number of carbonyl (C=O) groups is 1. The molecule has 1 atom stereocenters. The predicted molar refractivity (Wildman–Crippen MR) is 128 cm³/mol. The second kappa shape index (κ2) is 15.9. The van der Waals surface area contributed by atoms with E-state index in [9.17, 15) is 4.79 Å². The van der Waals surface area contributed by atoms with E-state index in [1.165, 1.54) is 38.5 Å². The molecule has 0 rings (SSSR count). The van der Waals surface area contributed by atoms with Crippen molar-refractivity contribution in [1.29, 1.82) is 0 Å². The monoisotopic (exact) mass is 409 g/mol. The highest BCUT2D eigenvalue weighted by Gasteiger charge is 2.29. The van der Waals surface area contributed by atoms with Gasteiger partial charge in [-0.3, -0.25) is 4.79 Å². The molecule has 0 spiro atoms. The summed E-state index contributed by atoms with van der Waals surface area (Å²) in [6.45, 7) is 16.2. The summed E-state index contributed by atoms with van der Waals surface area (Å²) in [5.41, 5.74) is 1.37. The number of Topliss-reactive ketones (excluding diaryl/α,β-unsaturated/α-hetero) is 1. The van der Waals surface area contributed by atoms with Gasteiger partial charge in [0.2, 0.25) is 0 Å². The van der Waals surface area contributed by atoms with Crippen molar-refractivity contribution >= 4 is 11.5 Å². The van der Waals surface area contributed by atoms with E-state index in [4.69, 9.17) is 4.84 Å². The van der Waals surface area contributed by atoms with Crippen LogP contribution in [-0.2, 0) is 9.63 Å². The Morgan fingerprint density at radius 3 is 2.10 bits per heavy atom. The molecule has 29 heavy (non-hydrogen) atoms. The van der Waals surface area contributed by atoms with Gasteiger partial charge in [-0.15, -0.1) is 0 Å². The molecule has 3 nitrogen and oxygen atoms in total. The van der Waals surface area contributed by atoms with E-state index in [0.717, 1.165) is 50.7 Å². The summed E-state index contributed by atoms with van der Waals surface area (Å²) in [4.78, 5) is 18.2. The molecule has 0 aliphatic heterocycles.